The number of hydrogen-bond donors (Lipinski definition) is 2. The third kappa shape index (κ3) is 6.02. The van der Waals surface area contributed by atoms with Crippen LogP contribution in [0.4, 0.5) is 0 Å². The van der Waals surface area contributed by atoms with Crippen molar-refractivity contribution in [2.24, 2.45) is 0 Å². The molecule has 0 aliphatic carbocycles. The first kappa shape index (κ1) is 17.1. The van der Waals surface area contributed by atoms with E-state index < -0.39 is 10.0 Å². The molecule has 0 saturated heterocycles. The Morgan fingerprint density at radius 2 is 2.05 bits per heavy atom. The average Bonchev–Trinajstić information content (AvgIpc) is 2.91. The second-order valence-electron chi connectivity index (χ2n) is 4.06. The van der Waals surface area contributed by atoms with Gasteiger partial charge in [-0.1, -0.05) is 0 Å². The van der Waals surface area contributed by atoms with Gasteiger partial charge in [0.1, 0.15) is 5.76 Å². The second-order valence-corrected chi connectivity index (χ2v) is 5.88. The normalized spacial score (nSPS) is 11.9. The van der Waals surface area contributed by atoms with Crippen molar-refractivity contribution in [1.29, 1.82) is 0 Å². The van der Waals surface area contributed by atoms with Crippen molar-refractivity contribution >= 4 is 10.0 Å². The Morgan fingerprint density at radius 1 is 1.25 bits per heavy atom. The van der Waals surface area contributed by atoms with Crippen LogP contribution in [0.25, 0.3) is 0 Å². The molecule has 0 unspecified atom stereocenters. The Bertz CT molecular complexity index is 472. The van der Waals surface area contributed by atoms with E-state index in [-0.39, 0.29) is 5.09 Å². The molecule has 1 rings (SSSR count). The molecule has 0 amide bonds. The molecule has 20 heavy (non-hydrogen) atoms. The summed E-state index contributed by atoms with van der Waals surface area (Å²) in [6.07, 6.45) is 0.867. The molecular formula is C12H22N2O5S. The van der Waals surface area contributed by atoms with E-state index in [4.69, 9.17) is 13.9 Å². The number of hydrogen-bond acceptors (Lipinski definition) is 6. The first-order valence-corrected chi connectivity index (χ1v) is 7.88. The van der Waals surface area contributed by atoms with Crippen LogP contribution >= 0.6 is 0 Å². The predicted octanol–water partition coefficient (Wildman–Crippen LogP) is 0.330. The maximum Gasteiger partial charge on any atom is 0.273 e. The monoisotopic (exact) mass is 306 g/mol. The summed E-state index contributed by atoms with van der Waals surface area (Å²) in [6.45, 7) is 3.11. The highest BCUT2D eigenvalue weighted by molar-refractivity contribution is 7.89. The van der Waals surface area contributed by atoms with Crippen molar-refractivity contribution in [2.45, 2.75) is 18.1 Å². The standard InChI is InChI=1S/C12H22N2O5S/c1-13-20(15,16)12-5-4-11(19-12)10-14-6-3-7-18-9-8-17-2/h4-5,13-14H,3,6-10H2,1-2H3. The zero-order chi connectivity index (χ0) is 14.8. The van der Waals surface area contributed by atoms with Crippen LogP contribution < -0.4 is 10.0 Å². The summed E-state index contributed by atoms with van der Waals surface area (Å²) in [5.74, 6) is 0.583. The Hall–Kier alpha value is -0.930. The van der Waals surface area contributed by atoms with Gasteiger partial charge in [-0.3, -0.25) is 0 Å². The van der Waals surface area contributed by atoms with Crippen molar-refractivity contribution < 1.29 is 22.3 Å². The molecule has 0 aliphatic heterocycles. The fourth-order valence-corrected chi connectivity index (χ4v) is 2.12. The van der Waals surface area contributed by atoms with Gasteiger partial charge in [0, 0.05) is 13.7 Å². The summed E-state index contributed by atoms with van der Waals surface area (Å²) in [4.78, 5) is 0. The molecule has 0 bridgehead atoms. The molecule has 0 spiro atoms. The van der Waals surface area contributed by atoms with Gasteiger partial charge in [0.05, 0.1) is 19.8 Å². The highest BCUT2D eigenvalue weighted by Crippen LogP contribution is 2.12. The van der Waals surface area contributed by atoms with Gasteiger partial charge in [0.15, 0.2) is 0 Å². The van der Waals surface area contributed by atoms with Crippen molar-refractivity contribution in [3.63, 3.8) is 0 Å². The van der Waals surface area contributed by atoms with Gasteiger partial charge in [-0.2, -0.15) is 0 Å². The quantitative estimate of drug-likeness (QED) is 0.573. The van der Waals surface area contributed by atoms with E-state index in [2.05, 4.69) is 10.0 Å². The number of rotatable bonds is 11. The van der Waals surface area contributed by atoms with Crippen molar-refractivity contribution in [2.75, 3.05) is 40.5 Å². The van der Waals surface area contributed by atoms with Crippen LogP contribution in [0.1, 0.15) is 12.2 Å². The van der Waals surface area contributed by atoms with Crippen molar-refractivity contribution in [3.8, 4) is 0 Å². The fourth-order valence-electron chi connectivity index (χ4n) is 1.45. The van der Waals surface area contributed by atoms with Gasteiger partial charge in [-0.25, -0.2) is 13.1 Å². The van der Waals surface area contributed by atoms with Crippen LogP contribution in [-0.2, 0) is 26.0 Å². The molecule has 0 fully saturated rings. The second kappa shape index (κ2) is 9.09. The molecule has 8 heteroatoms. The van der Waals surface area contributed by atoms with E-state index >= 15 is 0 Å². The molecule has 0 aliphatic rings. The van der Waals surface area contributed by atoms with E-state index in [1.165, 1.54) is 13.1 Å². The molecule has 1 heterocycles. The van der Waals surface area contributed by atoms with Crippen LogP contribution in [0.15, 0.2) is 21.6 Å². The number of nitrogens with one attached hydrogen (secondary N) is 2. The first-order chi connectivity index (χ1) is 9.60. The lowest BCUT2D eigenvalue weighted by molar-refractivity contribution is 0.0694. The van der Waals surface area contributed by atoms with Gasteiger partial charge >= 0.3 is 0 Å². The SMILES string of the molecule is CNS(=O)(=O)c1ccc(CNCCCOCCOC)o1. The smallest absolute Gasteiger partial charge is 0.273 e. The topological polar surface area (TPSA) is 89.8 Å². The molecule has 0 saturated carbocycles. The third-order valence-corrected chi connectivity index (χ3v) is 3.83. The lowest BCUT2D eigenvalue weighted by Crippen LogP contribution is -2.18. The van der Waals surface area contributed by atoms with Crippen LogP contribution in [0.2, 0.25) is 0 Å². The third-order valence-electron chi connectivity index (χ3n) is 2.54. The summed E-state index contributed by atoms with van der Waals surface area (Å²) in [5, 5.41) is 3.09. The maximum atomic E-state index is 11.5. The van der Waals surface area contributed by atoms with Crippen molar-refractivity contribution in [3.05, 3.63) is 17.9 Å². The fraction of sp³-hybridized carbons (Fsp3) is 0.667. The maximum absolute atomic E-state index is 11.5. The Kier molecular flexibility index (Phi) is 7.78. The van der Waals surface area contributed by atoms with Crippen LogP contribution in [0.5, 0.6) is 0 Å². The van der Waals surface area contributed by atoms with E-state index in [0.717, 1.165) is 13.0 Å². The number of furan rings is 1. The Morgan fingerprint density at radius 3 is 2.75 bits per heavy atom. The van der Waals surface area contributed by atoms with E-state index in [1.54, 1.807) is 13.2 Å². The largest absolute Gasteiger partial charge is 0.447 e. The van der Waals surface area contributed by atoms with Crippen LogP contribution in [0, 0.1) is 0 Å². The lowest BCUT2D eigenvalue weighted by atomic mass is 10.4. The molecule has 1 aromatic rings. The predicted molar refractivity (Wildman–Crippen MR) is 74.0 cm³/mol. The molecule has 2 N–H and O–H groups in total. The van der Waals surface area contributed by atoms with Gasteiger partial charge in [-0.15, -0.1) is 0 Å². The number of ether oxygens (including phenoxy) is 2. The highest BCUT2D eigenvalue weighted by Gasteiger charge is 2.15. The summed E-state index contributed by atoms with van der Waals surface area (Å²) in [6, 6.07) is 3.09. The molecule has 0 radical (unpaired) electrons. The zero-order valence-corrected chi connectivity index (χ0v) is 12.7. The minimum atomic E-state index is -3.50. The minimum Gasteiger partial charge on any atom is -0.447 e. The molecule has 7 nitrogen and oxygen atoms in total. The number of methoxy groups -OCH3 is 1. The van der Waals surface area contributed by atoms with E-state index in [9.17, 15) is 8.42 Å². The zero-order valence-electron chi connectivity index (χ0n) is 11.8. The molecule has 116 valence electrons. The highest BCUT2D eigenvalue weighted by atomic mass is 32.2. The first-order valence-electron chi connectivity index (χ1n) is 6.40. The van der Waals surface area contributed by atoms with Crippen LogP contribution in [-0.4, -0.2) is 48.9 Å². The van der Waals surface area contributed by atoms with Crippen LogP contribution in [0.3, 0.4) is 0 Å². The summed E-state index contributed by atoms with van der Waals surface area (Å²) >= 11 is 0. The van der Waals surface area contributed by atoms with Gasteiger partial charge in [-0.05, 0) is 32.1 Å². The molecule has 0 aromatic carbocycles. The van der Waals surface area contributed by atoms with E-state index in [1.807, 2.05) is 0 Å². The number of sulfonamides is 1. The summed E-state index contributed by atoms with van der Waals surface area (Å²) < 4.78 is 40.5. The average molecular weight is 306 g/mol. The molecule has 1 aromatic heterocycles. The lowest BCUT2D eigenvalue weighted by Gasteiger charge is -2.04. The Balaban J connectivity index is 2.17. The Labute approximate surface area is 119 Å². The van der Waals surface area contributed by atoms with Gasteiger partial charge in [0.2, 0.25) is 5.09 Å². The van der Waals surface area contributed by atoms with Crippen molar-refractivity contribution in [1.82, 2.24) is 10.0 Å². The van der Waals surface area contributed by atoms with Gasteiger partial charge < -0.3 is 19.2 Å². The van der Waals surface area contributed by atoms with E-state index in [0.29, 0.717) is 32.1 Å². The summed E-state index contributed by atoms with van der Waals surface area (Å²) in [5.41, 5.74) is 0. The minimum absolute atomic E-state index is 0.0697. The molecular weight excluding hydrogens is 284 g/mol. The molecule has 0 atom stereocenters. The van der Waals surface area contributed by atoms with Gasteiger partial charge in [0.25, 0.3) is 10.0 Å². The summed E-state index contributed by atoms with van der Waals surface area (Å²) in [7, 11) is -0.519.